The lowest BCUT2D eigenvalue weighted by molar-refractivity contribution is 0.146. The van der Waals surface area contributed by atoms with Gasteiger partial charge in [0, 0.05) is 41.8 Å². The number of rotatable bonds is 9. The number of nitrogens with one attached hydrogen (secondary N) is 3. The normalized spacial score (nSPS) is 15.3. The molecule has 11 heteroatoms. The predicted octanol–water partition coefficient (Wildman–Crippen LogP) is 4.93. The molecular weight excluding hydrogens is 564 g/mol. The van der Waals surface area contributed by atoms with E-state index in [0.29, 0.717) is 29.4 Å². The molecule has 5 rings (SSSR count). The fraction of sp³-hybridized carbons (Fsp3) is 0.200. The third-order valence-electron chi connectivity index (χ3n) is 6.68. The van der Waals surface area contributed by atoms with Gasteiger partial charge in [-0.2, -0.15) is 0 Å². The number of hydrogen-bond donors (Lipinski definition) is 4. The summed E-state index contributed by atoms with van der Waals surface area (Å²) in [5.41, 5.74) is 3.74. The number of carbonyl (C=O) groups is 1. The van der Waals surface area contributed by atoms with Gasteiger partial charge in [-0.15, -0.1) is 0 Å². The number of aliphatic hydroxyl groups excluding tert-OH is 1. The summed E-state index contributed by atoms with van der Waals surface area (Å²) in [4.78, 5) is 16.3. The van der Waals surface area contributed by atoms with E-state index in [2.05, 4.69) is 15.6 Å². The van der Waals surface area contributed by atoms with E-state index in [0.717, 1.165) is 35.3 Å². The molecule has 9 nitrogen and oxygen atoms in total. The third kappa shape index (κ3) is 7.42. The van der Waals surface area contributed by atoms with Gasteiger partial charge >= 0.3 is 6.03 Å². The van der Waals surface area contributed by atoms with Crippen LogP contribution in [0.5, 0.6) is 5.75 Å². The fourth-order valence-electron chi connectivity index (χ4n) is 4.55. The highest BCUT2D eigenvalue weighted by Gasteiger charge is 2.22. The van der Waals surface area contributed by atoms with E-state index in [4.69, 9.17) is 16.3 Å². The molecule has 212 valence electrons. The van der Waals surface area contributed by atoms with E-state index in [1.165, 1.54) is 12.1 Å². The highest BCUT2D eigenvalue weighted by Crippen LogP contribution is 2.32. The first-order chi connectivity index (χ1) is 19.8. The quantitative estimate of drug-likeness (QED) is 0.217. The maximum absolute atomic E-state index is 12.9. The number of hydrogen-bond acceptors (Lipinski definition) is 7. The van der Waals surface area contributed by atoms with Crippen LogP contribution in [0.25, 0.3) is 11.1 Å². The molecule has 2 heterocycles. The standard InChI is InChI=1S/C30H29ClN4O5S/c31-24-8-10-25(11-9-24)34-30(37)35-41(38,39)27-5-1-3-20(16-27)21-7-13-29-22(15-21)6-12-26(40-29)18-33-19-28(36)23-4-2-14-32-17-23/h1-5,7-11,13-17,26,28,33,36H,6,12,18-19H2,(H2,34,35,37)/t26-,28+/m1/s1. The van der Waals surface area contributed by atoms with Crippen LogP contribution in [0.1, 0.15) is 23.7 Å². The van der Waals surface area contributed by atoms with Gasteiger partial charge in [-0.05, 0) is 84.1 Å². The number of pyridine rings is 1. The number of benzene rings is 3. The Morgan fingerprint density at radius 2 is 1.85 bits per heavy atom. The molecule has 2 amide bonds. The molecule has 3 aromatic carbocycles. The molecule has 1 aliphatic rings. The van der Waals surface area contributed by atoms with E-state index >= 15 is 0 Å². The first kappa shape index (κ1) is 28.6. The van der Waals surface area contributed by atoms with Crippen molar-refractivity contribution < 1.29 is 23.1 Å². The minimum Gasteiger partial charge on any atom is -0.489 e. The van der Waals surface area contributed by atoms with Crippen LogP contribution in [0, 0.1) is 0 Å². The highest BCUT2D eigenvalue weighted by atomic mass is 35.5. The molecule has 4 N–H and O–H groups in total. The predicted molar refractivity (Wildman–Crippen MR) is 157 cm³/mol. The molecule has 4 aromatic rings. The van der Waals surface area contributed by atoms with Crippen LogP contribution in [0.4, 0.5) is 10.5 Å². The number of sulfonamides is 1. The second kappa shape index (κ2) is 12.7. The van der Waals surface area contributed by atoms with Crippen LogP contribution in [0.15, 0.2) is 96.2 Å². The van der Waals surface area contributed by atoms with Gasteiger partial charge in [0.05, 0.1) is 11.0 Å². The molecule has 0 unspecified atom stereocenters. The number of amides is 2. The number of aliphatic hydroxyl groups is 1. The van der Waals surface area contributed by atoms with Crippen molar-refractivity contribution in [1.82, 2.24) is 15.0 Å². The van der Waals surface area contributed by atoms with Crippen molar-refractivity contribution in [2.75, 3.05) is 18.4 Å². The first-order valence-corrected chi connectivity index (χ1v) is 14.9. The number of fused-ring (bicyclic) bond motifs is 1. The second-order valence-electron chi connectivity index (χ2n) is 9.66. The molecule has 0 saturated heterocycles. The molecule has 2 atom stereocenters. The summed E-state index contributed by atoms with van der Waals surface area (Å²) in [6, 6.07) is 21.3. The molecule has 0 aliphatic carbocycles. The molecular formula is C30H29ClN4O5S. The minimum atomic E-state index is -4.12. The Morgan fingerprint density at radius 1 is 1.05 bits per heavy atom. The van der Waals surface area contributed by atoms with Crippen molar-refractivity contribution >= 4 is 33.3 Å². The Kier molecular flexibility index (Phi) is 8.84. The zero-order valence-corrected chi connectivity index (χ0v) is 23.5. The number of halogens is 1. The van der Waals surface area contributed by atoms with Gasteiger partial charge in [0.25, 0.3) is 10.0 Å². The van der Waals surface area contributed by atoms with Gasteiger partial charge in [-0.1, -0.05) is 35.9 Å². The summed E-state index contributed by atoms with van der Waals surface area (Å²) in [5, 5.41) is 16.6. The molecule has 1 aromatic heterocycles. The topological polar surface area (TPSA) is 130 Å². The van der Waals surface area contributed by atoms with E-state index in [1.54, 1.807) is 48.8 Å². The minimum absolute atomic E-state index is 0.0326. The summed E-state index contributed by atoms with van der Waals surface area (Å²) < 4.78 is 34.0. The second-order valence-corrected chi connectivity index (χ2v) is 11.8. The summed E-state index contributed by atoms with van der Waals surface area (Å²) >= 11 is 5.85. The van der Waals surface area contributed by atoms with Crippen molar-refractivity contribution in [3.8, 4) is 16.9 Å². The van der Waals surface area contributed by atoms with Crippen molar-refractivity contribution in [3.63, 3.8) is 0 Å². The van der Waals surface area contributed by atoms with Crippen LogP contribution in [-0.2, 0) is 16.4 Å². The summed E-state index contributed by atoms with van der Waals surface area (Å²) in [6.07, 6.45) is 4.24. The van der Waals surface area contributed by atoms with Gasteiger partial charge in [0.2, 0.25) is 0 Å². The lowest BCUT2D eigenvalue weighted by Crippen LogP contribution is -2.36. The van der Waals surface area contributed by atoms with Gasteiger partial charge in [-0.25, -0.2) is 17.9 Å². The SMILES string of the molecule is O=C(Nc1ccc(Cl)cc1)NS(=O)(=O)c1cccc(-c2ccc3c(c2)CC[C@H](CNC[C@H](O)c2cccnc2)O3)c1. The Bertz CT molecular complexity index is 1620. The van der Waals surface area contributed by atoms with Gasteiger partial charge in [0.1, 0.15) is 11.9 Å². The zero-order valence-electron chi connectivity index (χ0n) is 22.0. The summed E-state index contributed by atoms with van der Waals surface area (Å²) in [6.45, 7) is 0.991. The number of ether oxygens (including phenoxy) is 1. The fourth-order valence-corrected chi connectivity index (χ4v) is 5.63. The molecule has 0 bridgehead atoms. The van der Waals surface area contributed by atoms with E-state index < -0.39 is 22.2 Å². The lowest BCUT2D eigenvalue weighted by atomic mass is 9.97. The van der Waals surface area contributed by atoms with Gasteiger partial charge in [0.15, 0.2) is 0 Å². The van der Waals surface area contributed by atoms with E-state index in [-0.39, 0.29) is 11.0 Å². The Hall–Kier alpha value is -3.96. The van der Waals surface area contributed by atoms with Crippen LogP contribution < -0.4 is 20.1 Å². The monoisotopic (exact) mass is 592 g/mol. The number of nitrogens with zero attached hydrogens (tertiary/aromatic N) is 1. The average Bonchev–Trinajstić information content (AvgIpc) is 2.98. The Morgan fingerprint density at radius 3 is 2.63 bits per heavy atom. The molecule has 1 aliphatic heterocycles. The maximum Gasteiger partial charge on any atom is 0.333 e. The summed E-state index contributed by atoms with van der Waals surface area (Å²) in [5.74, 6) is 0.781. The van der Waals surface area contributed by atoms with Gasteiger partial charge in [-0.3, -0.25) is 4.98 Å². The summed E-state index contributed by atoms with van der Waals surface area (Å²) in [7, 11) is -4.12. The maximum atomic E-state index is 12.9. The number of carbonyl (C=O) groups excluding carboxylic acids is 1. The van der Waals surface area contributed by atoms with Gasteiger partial charge < -0.3 is 20.5 Å². The van der Waals surface area contributed by atoms with Crippen LogP contribution >= 0.6 is 11.6 Å². The molecule has 0 radical (unpaired) electrons. The van der Waals surface area contributed by atoms with Crippen LogP contribution in [0.3, 0.4) is 0 Å². The smallest absolute Gasteiger partial charge is 0.333 e. The van der Waals surface area contributed by atoms with E-state index in [9.17, 15) is 18.3 Å². The lowest BCUT2D eigenvalue weighted by Gasteiger charge is -2.27. The Balaban J connectivity index is 1.19. The van der Waals surface area contributed by atoms with Crippen molar-refractivity contribution in [3.05, 3.63) is 107 Å². The number of aromatic nitrogens is 1. The highest BCUT2D eigenvalue weighted by molar-refractivity contribution is 7.90. The van der Waals surface area contributed by atoms with Crippen LogP contribution in [0.2, 0.25) is 5.02 Å². The number of anilines is 1. The average molecular weight is 593 g/mol. The van der Waals surface area contributed by atoms with E-state index in [1.807, 2.05) is 35.1 Å². The number of urea groups is 1. The third-order valence-corrected chi connectivity index (χ3v) is 8.26. The van der Waals surface area contributed by atoms with Crippen LogP contribution in [-0.4, -0.2) is 43.7 Å². The zero-order chi connectivity index (χ0) is 28.8. The largest absolute Gasteiger partial charge is 0.489 e. The first-order valence-electron chi connectivity index (χ1n) is 13.0. The molecule has 0 spiro atoms. The molecule has 0 saturated carbocycles. The van der Waals surface area contributed by atoms with Crippen molar-refractivity contribution in [1.29, 1.82) is 0 Å². The Labute approximate surface area is 243 Å². The van der Waals surface area contributed by atoms with Crippen molar-refractivity contribution in [2.24, 2.45) is 0 Å². The number of aryl methyl sites for hydroxylation is 1. The molecule has 0 fully saturated rings. The molecule has 41 heavy (non-hydrogen) atoms. The van der Waals surface area contributed by atoms with Crippen molar-refractivity contribution in [2.45, 2.75) is 29.9 Å².